The Morgan fingerprint density at radius 1 is 1.38 bits per heavy atom. The van der Waals surface area contributed by atoms with Crippen molar-refractivity contribution in [3.05, 3.63) is 51.9 Å². The molecule has 134 valence electrons. The number of thiophene rings is 1. The molecule has 0 fully saturated rings. The van der Waals surface area contributed by atoms with Crippen LogP contribution in [0.2, 0.25) is 0 Å². The van der Waals surface area contributed by atoms with E-state index in [4.69, 9.17) is 14.6 Å². The van der Waals surface area contributed by atoms with Crippen molar-refractivity contribution in [2.24, 2.45) is 0 Å². The molecule has 1 aromatic heterocycles. The van der Waals surface area contributed by atoms with Crippen LogP contribution in [-0.2, 0) is 9.59 Å². The van der Waals surface area contributed by atoms with Crippen molar-refractivity contribution < 1.29 is 29.0 Å². The molecule has 0 bridgehead atoms. The van der Waals surface area contributed by atoms with Gasteiger partial charge in [-0.1, -0.05) is 6.07 Å². The third-order valence-corrected chi connectivity index (χ3v) is 4.40. The lowest BCUT2D eigenvalue weighted by molar-refractivity contribution is -0.141. The van der Waals surface area contributed by atoms with Crippen molar-refractivity contribution in [1.29, 1.82) is 0 Å². The summed E-state index contributed by atoms with van der Waals surface area (Å²) in [5.74, 6) is -0.981. The minimum Gasteiger partial charge on any atom is -0.484 e. The zero-order valence-corrected chi connectivity index (χ0v) is 14.5. The Morgan fingerprint density at radius 3 is 2.88 bits per heavy atom. The molecule has 2 aromatic rings. The second-order valence-corrected chi connectivity index (χ2v) is 6.51. The fourth-order valence-corrected chi connectivity index (χ4v) is 2.90. The van der Waals surface area contributed by atoms with Gasteiger partial charge in [-0.05, 0) is 30.5 Å². The lowest BCUT2D eigenvalue weighted by atomic mass is 10.1. The average Bonchev–Trinajstić information content (AvgIpc) is 3.22. The quantitative estimate of drug-likeness (QED) is 0.754. The van der Waals surface area contributed by atoms with Gasteiger partial charge in [0.2, 0.25) is 5.78 Å². The van der Waals surface area contributed by atoms with Crippen LogP contribution in [0.25, 0.3) is 6.08 Å². The number of ether oxygens (including phenoxy) is 2. The number of allylic oxidation sites excluding steroid dienone is 1. The predicted octanol–water partition coefficient (Wildman–Crippen LogP) is 2.33. The van der Waals surface area contributed by atoms with Crippen molar-refractivity contribution in [2.75, 3.05) is 6.61 Å². The maximum atomic E-state index is 12.3. The third-order valence-electron chi connectivity index (χ3n) is 3.58. The Morgan fingerprint density at radius 2 is 2.19 bits per heavy atom. The molecule has 0 spiro atoms. The van der Waals surface area contributed by atoms with Crippen LogP contribution in [0.3, 0.4) is 0 Å². The third kappa shape index (κ3) is 3.92. The molecule has 0 radical (unpaired) electrons. The maximum absolute atomic E-state index is 12.3. The minimum atomic E-state index is -1.13. The van der Waals surface area contributed by atoms with Gasteiger partial charge in [0, 0.05) is 17.0 Å². The number of fused-ring (bicyclic) bond motifs is 1. The molecule has 2 heterocycles. The highest BCUT2D eigenvalue weighted by atomic mass is 32.1. The summed E-state index contributed by atoms with van der Waals surface area (Å²) in [4.78, 5) is 35.6. The van der Waals surface area contributed by atoms with Gasteiger partial charge in [0.1, 0.15) is 17.5 Å². The van der Waals surface area contributed by atoms with E-state index >= 15 is 0 Å². The first kappa shape index (κ1) is 17.7. The number of nitrogens with one attached hydrogen (secondary N) is 1. The number of carbonyl (C=O) groups excluding carboxylic acids is 2. The summed E-state index contributed by atoms with van der Waals surface area (Å²) in [5, 5.41) is 12.9. The average molecular weight is 373 g/mol. The van der Waals surface area contributed by atoms with Gasteiger partial charge in [-0.15, -0.1) is 11.3 Å². The van der Waals surface area contributed by atoms with Gasteiger partial charge in [-0.3, -0.25) is 14.4 Å². The molecule has 0 saturated heterocycles. The largest absolute Gasteiger partial charge is 0.484 e. The molecule has 1 aliphatic heterocycles. The second-order valence-electron chi connectivity index (χ2n) is 5.53. The molecule has 0 saturated carbocycles. The second kappa shape index (κ2) is 7.40. The van der Waals surface area contributed by atoms with Gasteiger partial charge < -0.3 is 19.9 Å². The Hall–Kier alpha value is -3.13. The Kier molecular flexibility index (Phi) is 5.04. The lowest BCUT2D eigenvalue weighted by Gasteiger charge is -2.10. The first-order valence-electron chi connectivity index (χ1n) is 7.71. The summed E-state index contributed by atoms with van der Waals surface area (Å²) >= 11 is 1.49. The molecule has 3 rings (SSSR count). The van der Waals surface area contributed by atoms with E-state index in [0.29, 0.717) is 17.1 Å². The SMILES string of the molecule is CC(NC(=O)COc1ccc2c(c1)OC(=Cc1cccs1)C2=O)C(=O)O. The molecular weight excluding hydrogens is 358 g/mol. The molecule has 1 aromatic carbocycles. The predicted molar refractivity (Wildman–Crippen MR) is 94.4 cm³/mol. The van der Waals surface area contributed by atoms with E-state index in [1.165, 1.54) is 24.3 Å². The summed E-state index contributed by atoms with van der Waals surface area (Å²) in [5.41, 5.74) is 0.420. The Bertz CT molecular complexity index is 887. The zero-order chi connectivity index (χ0) is 18.7. The number of carboxylic acid groups (broad SMARTS) is 1. The van der Waals surface area contributed by atoms with E-state index in [1.54, 1.807) is 18.2 Å². The minimum absolute atomic E-state index is 0.215. The highest BCUT2D eigenvalue weighted by Crippen LogP contribution is 2.35. The topological polar surface area (TPSA) is 102 Å². The van der Waals surface area contributed by atoms with Crippen LogP contribution in [0.4, 0.5) is 0 Å². The number of ketones is 1. The lowest BCUT2D eigenvalue weighted by Crippen LogP contribution is -2.40. The van der Waals surface area contributed by atoms with Crippen molar-refractivity contribution in [1.82, 2.24) is 5.32 Å². The van der Waals surface area contributed by atoms with Crippen molar-refractivity contribution >= 4 is 35.1 Å². The smallest absolute Gasteiger partial charge is 0.325 e. The molecule has 0 aliphatic carbocycles. The maximum Gasteiger partial charge on any atom is 0.325 e. The molecular formula is C18H15NO6S. The van der Waals surface area contributed by atoms with Crippen LogP contribution in [0.1, 0.15) is 22.2 Å². The number of rotatable bonds is 6. The number of Topliss-reactive ketones (excluding diaryl/α,β-unsaturated/α-hetero) is 1. The van der Waals surface area contributed by atoms with E-state index in [1.807, 2.05) is 17.5 Å². The molecule has 8 heteroatoms. The van der Waals surface area contributed by atoms with Gasteiger partial charge in [0.25, 0.3) is 5.91 Å². The molecule has 7 nitrogen and oxygen atoms in total. The molecule has 1 unspecified atom stereocenters. The van der Waals surface area contributed by atoms with Crippen LogP contribution in [0.5, 0.6) is 11.5 Å². The summed E-state index contributed by atoms with van der Waals surface area (Å²) < 4.78 is 10.9. The van der Waals surface area contributed by atoms with Crippen LogP contribution in [-0.4, -0.2) is 35.4 Å². The van der Waals surface area contributed by atoms with E-state index in [0.717, 1.165) is 4.88 Å². The highest BCUT2D eigenvalue weighted by Gasteiger charge is 2.28. The first-order chi connectivity index (χ1) is 12.4. The number of aliphatic carboxylic acids is 1. The van der Waals surface area contributed by atoms with E-state index in [-0.39, 0.29) is 18.1 Å². The van der Waals surface area contributed by atoms with Gasteiger partial charge in [0.05, 0.1) is 5.56 Å². The molecule has 2 N–H and O–H groups in total. The molecule has 26 heavy (non-hydrogen) atoms. The van der Waals surface area contributed by atoms with Crippen molar-refractivity contribution in [3.63, 3.8) is 0 Å². The monoisotopic (exact) mass is 373 g/mol. The molecule has 1 atom stereocenters. The van der Waals surface area contributed by atoms with E-state index < -0.39 is 17.9 Å². The summed E-state index contributed by atoms with van der Waals surface area (Å²) in [7, 11) is 0. The summed E-state index contributed by atoms with van der Waals surface area (Å²) in [6.45, 7) is 1.01. The first-order valence-corrected chi connectivity index (χ1v) is 8.59. The van der Waals surface area contributed by atoms with Crippen LogP contribution < -0.4 is 14.8 Å². The van der Waals surface area contributed by atoms with E-state index in [2.05, 4.69) is 5.32 Å². The Labute approximate surface area is 152 Å². The van der Waals surface area contributed by atoms with Gasteiger partial charge in [-0.25, -0.2) is 0 Å². The molecule has 1 aliphatic rings. The van der Waals surface area contributed by atoms with Gasteiger partial charge >= 0.3 is 5.97 Å². The van der Waals surface area contributed by atoms with Crippen LogP contribution in [0, 0.1) is 0 Å². The normalized spacial score (nSPS) is 15.3. The van der Waals surface area contributed by atoms with Gasteiger partial charge in [-0.2, -0.15) is 0 Å². The number of hydrogen-bond acceptors (Lipinski definition) is 6. The zero-order valence-electron chi connectivity index (χ0n) is 13.7. The number of carboxylic acids is 1. The van der Waals surface area contributed by atoms with Gasteiger partial charge in [0.15, 0.2) is 12.4 Å². The molecule has 1 amide bonds. The number of amides is 1. The number of carbonyl (C=O) groups is 3. The summed E-state index contributed by atoms with van der Waals surface area (Å²) in [6.07, 6.45) is 1.67. The fraction of sp³-hybridized carbons (Fsp3) is 0.167. The number of benzene rings is 1. The summed E-state index contributed by atoms with van der Waals surface area (Å²) in [6, 6.07) is 7.41. The standard InChI is InChI=1S/C18H15NO6S/c1-10(18(22)23)19-16(20)9-24-11-4-5-13-14(7-11)25-15(17(13)21)8-12-3-2-6-26-12/h2-8,10H,9H2,1H3,(H,19,20)(H,22,23). The van der Waals surface area contributed by atoms with Crippen molar-refractivity contribution in [3.8, 4) is 11.5 Å². The van der Waals surface area contributed by atoms with E-state index in [9.17, 15) is 14.4 Å². The highest BCUT2D eigenvalue weighted by molar-refractivity contribution is 7.10. The van der Waals surface area contributed by atoms with Crippen LogP contribution in [0.15, 0.2) is 41.5 Å². The van der Waals surface area contributed by atoms with Crippen LogP contribution >= 0.6 is 11.3 Å². The van der Waals surface area contributed by atoms with Crippen molar-refractivity contribution in [2.45, 2.75) is 13.0 Å². The number of hydrogen-bond donors (Lipinski definition) is 2. The fourth-order valence-electron chi connectivity index (χ4n) is 2.25. The Balaban J connectivity index is 1.65.